The molecule has 35 heavy (non-hydrogen) atoms. The molecule has 0 atom stereocenters. The minimum atomic E-state index is -0.424. The van der Waals surface area contributed by atoms with E-state index in [4.69, 9.17) is 16.3 Å². The summed E-state index contributed by atoms with van der Waals surface area (Å²) in [6, 6.07) is 13.8. The van der Waals surface area contributed by atoms with Gasteiger partial charge in [-0.2, -0.15) is 0 Å². The molecule has 0 bridgehead atoms. The highest BCUT2D eigenvalue weighted by Gasteiger charge is 2.22. The van der Waals surface area contributed by atoms with E-state index in [0.717, 1.165) is 5.56 Å². The Morgan fingerprint density at radius 1 is 1.17 bits per heavy atom. The fourth-order valence-corrected chi connectivity index (χ4v) is 5.09. The van der Waals surface area contributed by atoms with E-state index in [-0.39, 0.29) is 12.5 Å². The van der Waals surface area contributed by atoms with Crippen molar-refractivity contribution < 1.29 is 14.6 Å². The van der Waals surface area contributed by atoms with Crippen LogP contribution in [-0.2, 0) is 11.2 Å². The average molecular weight is 509 g/mol. The fraction of sp³-hybridized carbons (Fsp3) is 0.222. The molecule has 0 aliphatic rings. The predicted molar refractivity (Wildman–Crippen MR) is 142 cm³/mol. The van der Waals surface area contributed by atoms with Gasteiger partial charge in [-0.1, -0.05) is 55.8 Å². The summed E-state index contributed by atoms with van der Waals surface area (Å²) >= 11 is 7.69. The number of aromatic nitrogens is 1. The highest BCUT2D eigenvalue weighted by Crippen LogP contribution is 2.34. The molecule has 1 N–H and O–H groups in total. The second kappa shape index (κ2) is 10.5. The number of ether oxygens (including phenoxy) is 1. The Labute approximate surface area is 212 Å². The van der Waals surface area contributed by atoms with Gasteiger partial charge in [-0.3, -0.25) is 4.79 Å². The van der Waals surface area contributed by atoms with Crippen LogP contribution in [0.3, 0.4) is 0 Å². The van der Waals surface area contributed by atoms with Crippen molar-refractivity contribution in [3.63, 3.8) is 0 Å². The standard InChI is InChI=1S/C27H25ClN2O4S/c1-4-34-27(33)23-17(13-16(2)3)15-35-24(23)29-14-20-18-9-5-6-10-19(18)25(31)30(26(20)32)22-12-8-7-11-21(22)28/h5-12,14-16,32H,4,13H2,1-3H3/b29-14+. The van der Waals surface area contributed by atoms with E-state index >= 15 is 0 Å². The maximum atomic E-state index is 13.3. The molecule has 0 saturated carbocycles. The van der Waals surface area contributed by atoms with E-state index in [2.05, 4.69) is 18.8 Å². The number of halogens is 1. The molecule has 0 aliphatic heterocycles. The van der Waals surface area contributed by atoms with Gasteiger partial charge in [-0.15, -0.1) is 11.3 Å². The number of rotatable bonds is 7. The topological polar surface area (TPSA) is 80.9 Å². The van der Waals surface area contributed by atoms with Crippen LogP contribution in [0, 0.1) is 5.92 Å². The van der Waals surface area contributed by atoms with Crippen LogP contribution in [0.2, 0.25) is 5.02 Å². The van der Waals surface area contributed by atoms with Crippen LogP contribution in [0.4, 0.5) is 5.00 Å². The number of carbonyl (C=O) groups excluding carboxylic acids is 1. The zero-order chi connectivity index (χ0) is 25.1. The summed E-state index contributed by atoms with van der Waals surface area (Å²) in [5.74, 6) is -0.365. The Balaban J connectivity index is 1.92. The molecule has 6 nitrogen and oxygen atoms in total. The van der Waals surface area contributed by atoms with Gasteiger partial charge < -0.3 is 9.84 Å². The number of aliphatic imine (C=N–C) groups is 1. The first-order chi connectivity index (χ1) is 16.8. The first kappa shape index (κ1) is 24.7. The lowest BCUT2D eigenvalue weighted by Gasteiger charge is -2.14. The van der Waals surface area contributed by atoms with Gasteiger partial charge in [0.25, 0.3) is 5.56 Å². The van der Waals surface area contributed by atoms with E-state index in [0.29, 0.717) is 49.9 Å². The first-order valence-electron chi connectivity index (χ1n) is 11.3. The smallest absolute Gasteiger partial charge is 0.341 e. The molecule has 180 valence electrons. The van der Waals surface area contributed by atoms with Crippen molar-refractivity contribution in [3.8, 4) is 11.6 Å². The number of esters is 1. The van der Waals surface area contributed by atoms with E-state index in [1.165, 1.54) is 22.1 Å². The van der Waals surface area contributed by atoms with Crippen molar-refractivity contribution in [1.82, 2.24) is 4.57 Å². The van der Waals surface area contributed by atoms with Crippen LogP contribution in [-0.4, -0.2) is 28.5 Å². The molecular formula is C27H25ClN2O4S. The summed E-state index contributed by atoms with van der Waals surface area (Å²) in [6.07, 6.45) is 2.20. The molecular weight excluding hydrogens is 484 g/mol. The molecule has 4 rings (SSSR count). The molecule has 2 heterocycles. The summed E-state index contributed by atoms with van der Waals surface area (Å²) in [5, 5.41) is 14.9. The average Bonchev–Trinajstić information content (AvgIpc) is 3.22. The molecule has 0 spiro atoms. The zero-order valence-corrected chi connectivity index (χ0v) is 21.2. The Morgan fingerprint density at radius 3 is 2.54 bits per heavy atom. The summed E-state index contributed by atoms with van der Waals surface area (Å²) in [6.45, 7) is 6.18. The van der Waals surface area contributed by atoms with E-state index in [9.17, 15) is 14.7 Å². The van der Waals surface area contributed by atoms with Crippen molar-refractivity contribution in [3.05, 3.63) is 86.0 Å². The number of thiophene rings is 1. The lowest BCUT2D eigenvalue weighted by atomic mass is 10.0. The van der Waals surface area contributed by atoms with Crippen LogP contribution in [0.1, 0.15) is 42.3 Å². The maximum absolute atomic E-state index is 13.3. The highest BCUT2D eigenvalue weighted by atomic mass is 35.5. The van der Waals surface area contributed by atoms with E-state index in [1.807, 2.05) is 5.38 Å². The number of hydrogen-bond acceptors (Lipinski definition) is 6. The lowest BCUT2D eigenvalue weighted by Crippen LogP contribution is -2.20. The minimum Gasteiger partial charge on any atom is -0.494 e. The normalized spacial score (nSPS) is 11.6. The van der Waals surface area contributed by atoms with Gasteiger partial charge in [0.1, 0.15) is 5.00 Å². The number of nitrogens with zero attached hydrogens (tertiary/aromatic N) is 2. The number of pyridine rings is 1. The third-order valence-electron chi connectivity index (χ3n) is 5.46. The van der Waals surface area contributed by atoms with E-state index < -0.39 is 11.5 Å². The molecule has 0 aliphatic carbocycles. The molecule has 0 fully saturated rings. The summed E-state index contributed by atoms with van der Waals surface area (Å²) in [5.41, 5.74) is 1.62. The Hall–Kier alpha value is -3.42. The molecule has 4 aromatic rings. The second-order valence-electron chi connectivity index (χ2n) is 8.39. The monoisotopic (exact) mass is 508 g/mol. The predicted octanol–water partition coefficient (Wildman–Crippen LogP) is 6.54. The number of carbonyl (C=O) groups is 1. The van der Waals surface area contributed by atoms with Gasteiger partial charge in [-0.25, -0.2) is 14.4 Å². The third-order valence-corrected chi connectivity index (χ3v) is 6.72. The first-order valence-corrected chi connectivity index (χ1v) is 12.5. The zero-order valence-electron chi connectivity index (χ0n) is 19.6. The highest BCUT2D eigenvalue weighted by molar-refractivity contribution is 7.14. The quantitative estimate of drug-likeness (QED) is 0.227. The van der Waals surface area contributed by atoms with Crippen LogP contribution in [0.5, 0.6) is 5.88 Å². The minimum absolute atomic E-state index is 0.257. The van der Waals surface area contributed by atoms with Gasteiger partial charge in [0.15, 0.2) is 0 Å². The molecule has 0 amide bonds. The van der Waals surface area contributed by atoms with Gasteiger partial charge in [0.2, 0.25) is 5.88 Å². The van der Waals surface area contributed by atoms with Gasteiger partial charge in [0.05, 0.1) is 28.4 Å². The van der Waals surface area contributed by atoms with Crippen LogP contribution in [0.25, 0.3) is 16.5 Å². The molecule has 8 heteroatoms. The summed E-state index contributed by atoms with van der Waals surface area (Å²) < 4.78 is 6.46. The van der Waals surface area contributed by atoms with Crippen molar-refractivity contribution >= 4 is 50.9 Å². The maximum Gasteiger partial charge on any atom is 0.341 e. The fourth-order valence-electron chi connectivity index (χ4n) is 3.96. The van der Waals surface area contributed by atoms with Crippen molar-refractivity contribution in [1.29, 1.82) is 0 Å². The van der Waals surface area contributed by atoms with Crippen molar-refractivity contribution in [2.24, 2.45) is 10.9 Å². The Morgan fingerprint density at radius 2 is 1.86 bits per heavy atom. The second-order valence-corrected chi connectivity index (χ2v) is 9.66. The van der Waals surface area contributed by atoms with Crippen molar-refractivity contribution in [2.45, 2.75) is 27.2 Å². The SMILES string of the molecule is CCOC(=O)c1c(CC(C)C)csc1/N=C/c1c(O)n(-c2ccccc2Cl)c(=O)c2ccccc12. The third kappa shape index (κ3) is 4.88. The Bertz CT molecular complexity index is 1490. The summed E-state index contributed by atoms with van der Waals surface area (Å²) in [7, 11) is 0. The molecule has 0 radical (unpaired) electrons. The Kier molecular flexibility index (Phi) is 7.38. The molecule has 0 unspecified atom stereocenters. The summed E-state index contributed by atoms with van der Waals surface area (Å²) in [4.78, 5) is 30.6. The van der Waals surface area contributed by atoms with Crippen LogP contribution < -0.4 is 5.56 Å². The number of hydrogen-bond donors (Lipinski definition) is 1. The lowest BCUT2D eigenvalue weighted by molar-refractivity contribution is 0.0526. The molecule has 2 aromatic carbocycles. The number of aromatic hydroxyl groups is 1. The van der Waals surface area contributed by atoms with Gasteiger partial charge in [-0.05, 0) is 48.4 Å². The number of fused-ring (bicyclic) bond motifs is 1. The largest absolute Gasteiger partial charge is 0.494 e. The van der Waals surface area contributed by atoms with Crippen molar-refractivity contribution in [2.75, 3.05) is 6.61 Å². The van der Waals surface area contributed by atoms with Crippen LogP contribution >= 0.6 is 22.9 Å². The number of para-hydroxylation sites is 1. The number of benzene rings is 2. The van der Waals surface area contributed by atoms with E-state index in [1.54, 1.807) is 55.5 Å². The van der Waals surface area contributed by atoms with Crippen LogP contribution in [0.15, 0.2) is 63.7 Å². The van der Waals surface area contributed by atoms with Gasteiger partial charge >= 0.3 is 5.97 Å². The van der Waals surface area contributed by atoms with Gasteiger partial charge in [0, 0.05) is 17.0 Å². The molecule has 0 saturated heterocycles. The molecule has 2 aromatic heterocycles.